The minimum atomic E-state index is -0.110. The predicted octanol–water partition coefficient (Wildman–Crippen LogP) is 3.84. The van der Waals surface area contributed by atoms with Gasteiger partial charge in [-0.3, -0.25) is 0 Å². The van der Waals surface area contributed by atoms with E-state index in [1.807, 2.05) is 0 Å². The fourth-order valence-corrected chi connectivity index (χ4v) is 12.0. The molecule has 1 heterocycles. The van der Waals surface area contributed by atoms with E-state index >= 15 is 0 Å². The molecule has 0 amide bonds. The SMILES string of the molecule is BrC1[C@@H]2CC[C@H]1[C@H]([Se+]1CCCC1)C2. The molecular weight excluding hydrogens is 291 g/mol. The maximum absolute atomic E-state index is 3.94. The van der Waals surface area contributed by atoms with Crippen molar-refractivity contribution in [3.63, 3.8) is 0 Å². The van der Waals surface area contributed by atoms with Crippen molar-refractivity contribution in [3.8, 4) is 0 Å². The van der Waals surface area contributed by atoms with Crippen LogP contribution in [0, 0.1) is 11.8 Å². The first-order chi connectivity index (χ1) is 6.36. The molecule has 0 aromatic carbocycles. The van der Waals surface area contributed by atoms with E-state index in [9.17, 15) is 0 Å². The maximum atomic E-state index is 3.94. The summed E-state index contributed by atoms with van der Waals surface area (Å²) in [5.74, 6) is 2.20. The van der Waals surface area contributed by atoms with Crippen LogP contribution in [0.15, 0.2) is 0 Å². The number of hydrogen-bond donors (Lipinski definition) is 0. The number of fused-ring (bicyclic) bond motifs is 2. The first-order valence-electron chi connectivity index (χ1n) is 5.66. The van der Waals surface area contributed by atoms with Crippen molar-refractivity contribution < 1.29 is 0 Å². The molecule has 1 unspecified atom stereocenters. The molecule has 1 aliphatic heterocycles. The van der Waals surface area contributed by atoms with Gasteiger partial charge in [0.15, 0.2) is 0 Å². The fourth-order valence-electron chi connectivity index (χ4n) is 3.55. The van der Waals surface area contributed by atoms with Gasteiger partial charge < -0.3 is 0 Å². The van der Waals surface area contributed by atoms with Crippen LogP contribution in [-0.4, -0.2) is 18.7 Å². The van der Waals surface area contributed by atoms with Gasteiger partial charge in [-0.25, -0.2) is 0 Å². The minimum absolute atomic E-state index is 0.110. The van der Waals surface area contributed by atoms with Crippen LogP contribution in [-0.2, 0) is 0 Å². The monoisotopic (exact) mass is 309 g/mol. The number of hydrogen-bond acceptors (Lipinski definition) is 0. The normalized spacial score (nSPS) is 50.5. The first-order valence-corrected chi connectivity index (χ1v) is 9.99. The predicted molar refractivity (Wildman–Crippen MR) is 61.9 cm³/mol. The van der Waals surface area contributed by atoms with Gasteiger partial charge in [0.1, 0.15) is 0 Å². The summed E-state index contributed by atoms with van der Waals surface area (Å²) in [5.41, 5.74) is 0. The van der Waals surface area contributed by atoms with Crippen LogP contribution in [0.1, 0.15) is 32.1 Å². The van der Waals surface area contributed by atoms with E-state index in [4.69, 9.17) is 0 Å². The van der Waals surface area contributed by atoms with Gasteiger partial charge in [0.05, 0.1) is 0 Å². The average molecular weight is 309 g/mol. The van der Waals surface area contributed by atoms with Gasteiger partial charge in [0, 0.05) is 0 Å². The van der Waals surface area contributed by atoms with Crippen LogP contribution in [0.2, 0.25) is 15.5 Å². The molecule has 2 saturated carbocycles. The zero-order valence-electron chi connectivity index (χ0n) is 8.05. The van der Waals surface area contributed by atoms with Crippen LogP contribution in [0.3, 0.4) is 0 Å². The number of halogens is 1. The van der Waals surface area contributed by atoms with Gasteiger partial charge >= 0.3 is 94.1 Å². The van der Waals surface area contributed by atoms with Crippen molar-refractivity contribution in [1.82, 2.24) is 0 Å². The molecule has 74 valence electrons. The van der Waals surface area contributed by atoms with E-state index in [1.54, 1.807) is 36.3 Å². The van der Waals surface area contributed by atoms with Gasteiger partial charge in [0.2, 0.25) is 0 Å². The molecule has 0 nitrogen and oxygen atoms in total. The van der Waals surface area contributed by atoms with E-state index in [-0.39, 0.29) is 13.9 Å². The zero-order valence-corrected chi connectivity index (χ0v) is 11.3. The van der Waals surface area contributed by atoms with Crippen LogP contribution in [0.5, 0.6) is 0 Å². The molecule has 13 heavy (non-hydrogen) atoms. The van der Waals surface area contributed by atoms with Crippen molar-refractivity contribution in [2.45, 2.75) is 52.4 Å². The second kappa shape index (κ2) is 3.54. The molecule has 2 aliphatic carbocycles. The summed E-state index contributed by atoms with van der Waals surface area (Å²) in [4.78, 5) is 2.17. The van der Waals surface area contributed by atoms with Gasteiger partial charge in [0.25, 0.3) is 0 Å². The van der Waals surface area contributed by atoms with Gasteiger partial charge in [-0.1, -0.05) is 0 Å². The third kappa shape index (κ3) is 1.44. The fraction of sp³-hybridized carbons (Fsp3) is 1.00. The molecule has 3 fully saturated rings. The standard InChI is InChI=1S/C11H18BrSe/c12-11-8-3-4-9(11)10(7-8)13-5-1-2-6-13/h8-11H,1-7H2/q+1/t8-,9+,10-,11?/m1/s1. The Hall–Kier alpha value is 0.999. The van der Waals surface area contributed by atoms with Crippen molar-refractivity contribution in [3.05, 3.63) is 0 Å². The second-order valence-corrected chi connectivity index (χ2v) is 11.2. The summed E-state index contributed by atoms with van der Waals surface area (Å²) >= 11 is 3.83. The Morgan fingerprint density at radius 1 is 1.08 bits per heavy atom. The molecule has 3 aliphatic rings. The Labute approximate surface area is 93.9 Å². The van der Waals surface area contributed by atoms with Crippen LogP contribution < -0.4 is 0 Å². The molecule has 1 saturated heterocycles. The Balaban J connectivity index is 1.73. The molecule has 0 spiro atoms. The summed E-state index contributed by atoms with van der Waals surface area (Å²) in [6, 6.07) is 0. The third-order valence-electron chi connectivity index (χ3n) is 4.23. The van der Waals surface area contributed by atoms with E-state index in [0.717, 1.165) is 16.7 Å². The van der Waals surface area contributed by atoms with E-state index in [2.05, 4.69) is 15.9 Å². The molecule has 2 heteroatoms. The number of rotatable bonds is 1. The molecular formula is C11H18BrSe+. The van der Waals surface area contributed by atoms with Crippen LogP contribution in [0.4, 0.5) is 0 Å². The topological polar surface area (TPSA) is 0 Å². The number of alkyl halides is 1. The Bertz CT molecular complexity index is 200. The van der Waals surface area contributed by atoms with E-state index in [0.29, 0.717) is 0 Å². The molecule has 0 aromatic rings. The average Bonchev–Trinajstić information content (AvgIpc) is 2.82. The van der Waals surface area contributed by atoms with Crippen LogP contribution >= 0.6 is 15.9 Å². The van der Waals surface area contributed by atoms with Gasteiger partial charge in [-0.15, -0.1) is 0 Å². The Morgan fingerprint density at radius 2 is 1.85 bits per heavy atom. The first kappa shape index (κ1) is 9.24. The Kier molecular flexibility index (Phi) is 2.52. The van der Waals surface area contributed by atoms with Crippen molar-refractivity contribution >= 4 is 29.8 Å². The summed E-state index contributed by atoms with van der Waals surface area (Å²) in [6.07, 6.45) is 7.86. The van der Waals surface area contributed by atoms with Gasteiger partial charge in [-0.05, 0) is 0 Å². The van der Waals surface area contributed by atoms with Crippen molar-refractivity contribution in [2.24, 2.45) is 11.8 Å². The summed E-state index contributed by atoms with van der Waals surface area (Å²) in [6.45, 7) is 0. The van der Waals surface area contributed by atoms with Crippen molar-refractivity contribution in [2.75, 3.05) is 0 Å². The molecule has 0 radical (unpaired) electrons. The van der Waals surface area contributed by atoms with E-state index < -0.39 is 0 Å². The second-order valence-electron chi connectivity index (χ2n) is 4.87. The molecule has 4 atom stereocenters. The summed E-state index contributed by atoms with van der Waals surface area (Å²) in [7, 11) is 0. The van der Waals surface area contributed by atoms with Crippen molar-refractivity contribution in [1.29, 1.82) is 0 Å². The third-order valence-corrected chi connectivity index (χ3v) is 12.0. The summed E-state index contributed by atoms with van der Waals surface area (Å²) in [5, 5.41) is 3.35. The molecule has 3 rings (SSSR count). The van der Waals surface area contributed by atoms with Crippen LogP contribution in [0.25, 0.3) is 0 Å². The van der Waals surface area contributed by atoms with Gasteiger partial charge in [-0.2, -0.15) is 0 Å². The zero-order chi connectivity index (χ0) is 8.84. The summed E-state index contributed by atoms with van der Waals surface area (Å²) < 4.78 is 0. The molecule has 2 bridgehead atoms. The molecule has 0 N–H and O–H groups in total. The Morgan fingerprint density at radius 3 is 2.38 bits per heavy atom. The molecule has 0 aromatic heterocycles. The quantitative estimate of drug-likeness (QED) is 0.510. The van der Waals surface area contributed by atoms with E-state index in [1.165, 1.54) is 11.2 Å².